The lowest BCUT2D eigenvalue weighted by molar-refractivity contribution is -0.116. The van der Waals surface area contributed by atoms with E-state index < -0.39 is 11.7 Å². The minimum atomic E-state index is -0.522. The van der Waals surface area contributed by atoms with Gasteiger partial charge in [0.25, 0.3) is 0 Å². The lowest BCUT2D eigenvalue weighted by Crippen LogP contribution is -2.27. The van der Waals surface area contributed by atoms with Crippen molar-refractivity contribution >= 4 is 23.4 Å². The number of ether oxygens (including phenoxy) is 1. The fourth-order valence-electron chi connectivity index (χ4n) is 2.23. The number of rotatable bonds is 1. The van der Waals surface area contributed by atoms with Gasteiger partial charge in [-0.15, -0.1) is 0 Å². The van der Waals surface area contributed by atoms with E-state index in [0.717, 1.165) is 17.7 Å². The SMILES string of the molecule is CC(=O)N1CCc2cc(NC(=O)OC(C)(C)C)ccc21. The molecule has 0 saturated carbocycles. The predicted molar refractivity (Wildman–Crippen MR) is 78.0 cm³/mol. The number of fused-ring (bicyclic) bond motifs is 1. The van der Waals surface area contributed by atoms with Crippen LogP contribution in [0, 0.1) is 0 Å². The molecule has 0 spiro atoms. The van der Waals surface area contributed by atoms with E-state index in [1.807, 2.05) is 32.9 Å². The molecule has 2 amide bonds. The van der Waals surface area contributed by atoms with Crippen molar-refractivity contribution in [3.63, 3.8) is 0 Å². The molecule has 20 heavy (non-hydrogen) atoms. The molecule has 0 fully saturated rings. The van der Waals surface area contributed by atoms with Crippen molar-refractivity contribution < 1.29 is 14.3 Å². The van der Waals surface area contributed by atoms with Crippen molar-refractivity contribution in [2.45, 2.75) is 39.7 Å². The standard InChI is InChI=1S/C15H20N2O3/c1-10(18)17-8-7-11-9-12(5-6-13(11)17)16-14(19)20-15(2,3)4/h5-6,9H,7-8H2,1-4H3,(H,16,19). The van der Waals surface area contributed by atoms with Gasteiger partial charge in [0.1, 0.15) is 5.60 Å². The monoisotopic (exact) mass is 276 g/mol. The number of carbonyl (C=O) groups is 2. The van der Waals surface area contributed by atoms with Crippen LogP contribution in [0.25, 0.3) is 0 Å². The lowest BCUT2D eigenvalue weighted by atomic mass is 10.1. The normalized spacial score (nSPS) is 13.9. The van der Waals surface area contributed by atoms with Crippen LogP contribution < -0.4 is 10.2 Å². The zero-order valence-electron chi connectivity index (χ0n) is 12.3. The lowest BCUT2D eigenvalue weighted by Gasteiger charge is -2.20. The van der Waals surface area contributed by atoms with Gasteiger partial charge in [0.05, 0.1) is 0 Å². The summed E-state index contributed by atoms with van der Waals surface area (Å²) in [7, 11) is 0. The van der Waals surface area contributed by atoms with Crippen LogP contribution in [0.5, 0.6) is 0 Å². The van der Waals surface area contributed by atoms with Crippen LogP contribution in [0.15, 0.2) is 18.2 Å². The first-order valence-corrected chi connectivity index (χ1v) is 6.67. The van der Waals surface area contributed by atoms with E-state index in [4.69, 9.17) is 4.74 Å². The Hall–Kier alpha value is -2.04. The third-order valence-electron chi connectivity index (χ3n) is 3.00. The van der Waals surface area contributed by atoms with Gasteiger partial charge in [-0.1, -0.05) is 0 Å². The minimum Gasteiger partial charge on any atom is -0.444 e. The van der Waals surface area contributed by atoms with Gasteiger partial charge >= 0.3 is 6.09 Å². The van der Waals surface area contributed by atoms with Crippen molar-refractivity contribution in [3.8, 4) is 0 Å². The van der Waals surface area contributed by atoms with Gasteiger partial charge in [-0.25, -0.2) is 4.79 Å². The summed E-state index contributed by atoms with van der Waals surface area (Å²) in [5, 5.41) is 2.71. The van der Waals surface area contributed by atoms with E-state index in [9.17, 15) is 9.59 Å². The van der Waals surface area contributed by atoms with Gasteiger partial charge in [0.15, 0.2) is 0 Å². The second kappa shape index (κ2) is 5.15. The molecule has 108 valence electrons. The van der Waals surface area contributed by atoms with Crippen molar-refractivity contribution in [2.24, 2.45) is 0 Å². The molecule has 1 aromatic carbocycles. The molecule has 1 aliphatic rings. The zero-order chi connectivity index (χ0) is 14.9. The van der Waals surface area contributed by atoms with Crippen LogP contribution in [0.2, 0.25) is 0 Å². The smallest absolute Gasteiger partial charge is 0.412 e. The highest BCUT2D eigenvalue weighted by molar-refractivity contribution is 5.94. The maximum absolute atomic E-state index is 11.7. The fraction of sp³-hybridized carbons (Fsp3) is 0.467. The summed E-state index contributed by atoms with van der Waals surface area (Å²) in [4.78, 5) is 24.9. The average Bonchev–Trinajstić information content (AvgIpc) is 2.68. The first kappa shape index (κ1) is 14.4. The Bertz CT molecular complexity index is 547. The van der Waals surface area contributed by atoms with E-state index in [0.29, 0.717) is 12.2 Å². The first-order valence-electron chi connectivity index (χ1n) is 6.67. The summed E-state index contributed by atoms with van der Waals surface area (Å²) < 4.78 is 5.21. The van der Waals surface area contributed by atoms with Crippen LogP contribution in [-0.2, 0) is 16.0 Å². The van der Waals surface area contributed by atoms with Gasteiger partial charge in [0.2, 0.25) is 5.91 Å². The number of hydrogen-bond acceptors (Lipinski definition) is 3. The molecule has 1 heterocycles. The molecule has 0 radical (unpaired) electrons. The summed E-state index contributed by atoms with van der Waals surface area (Å²) in [6.07, 6.45) is 0.331. The molecule has 0 bridgehead atoms. The number of carbonyl (C=O) groups excluding carboxylic acids is 2. The second-order valence-electron chi connectivity index (χ2n) is 5.89. The summed E-state index contributed by atoms with van der Waals surface area (Å²) in [6.45, 7) is 7.71. The maximum atomic E-state index is 11.7. The number of amides is 2. The highest BCUT2D eigenvalue weighted by Crippen LogP contribution is 2.30. The molecule has 5 heteroatoms. The molecule has 1 aromatic rings. The third-order valence-corrected chi connectivity index (χ3v) is 3.00. The molecule has 1 N–H and O–H groups in total. The fourth-order valence-corrected chi connectivity index (χ4v) is 2.23. The Kier molecular flexibility index (Phi) is 3.70. The van der Waals surface area contributed by atoms with Crippen LogP contribution >= 0.6 is 0 Å². The Morgan fingerprint density at radius 1 is 1.30 bits per heavy atom. The third kappa shape index (κ3) is 3.29. The maximum Gasteiger partial charge on any atom is 0.412 e. The quantitative estimate of drug-likeness (QED) is 0.858. The Labute approximate surface area is 118 Å². The Balaban J connectivity index is 2.10. The molecular weight excluding hydrogens is 256 g/mol. The molecule has 0 unspecified atom stereocenters. The average molecular weight is 276 g/mol. The number of nitrogens with one attached hydrogen (secondary N) is 1. The van der Waals surface area contributed by atoms with Gasteiger partial charge in [-0.3, -0.25) is 10.1 Å². The van der Waals surface area contributed by atoms with Crippen molar-refractivity contribution in [1.82, 2.24) is 0 Å². The number of nitrogens with zero attached hydrogens (tertiary/aromatic N) is 1. The van der Waals surface area contributed by atoms with Crippen molar-refractivity contribution in [2.75, 3.05) is 16.8 Å². The first-order chi connectivity index (χ1) is 9.26. The Morgan fingerprint density at radius 3 is 2.60 bits per heavy atom. The van der Waals surface area contributed by atoms with Gasteiger partial charge < -0.3 is 9.64 Å². The molecule has 0 atom stereocenters. The van der Waals surface area contributed by atoms with E-state index in [2.05, 4.69) is 5.32 Å². The van der Waals surface area contributed by atoms with E-state index in [-0.39, 0.29) is 5.91 Å². The molecule has 0 aliphatic carbocycles. The molecule has 0 saturated heterocycles. The van der Waals surface area contributed by atoms with Gasteiger partial charge in [-0.05, 0) is 51.0 Å². The Morgan fingerprint density at radius 2 is 2.00 bits per heavy atom. The summed E-state index contributed by atoms with van der Waals surface area (Å²) in [5.74, 6) is 0.0385. The topological polar surface area (TPSA) is 58.6 Å². The van der Waals surface area contributed by atoms with Crippen LogP contribution in [0.1, 0.15) is 33.3 Å². The zero-order valence-corrected chi connectivity index (χ0v) is 12.3. The summed E-state index contributed by atoms with van der Waals surface area (Å²) >= 11 is 0. The highest BCUT2D eigenvalue weighted by Gasteiger charge is 2.23. The number of benzene rings is 1. The van der Waals surface area contributed by atoms with Crippen LogP contribution in [0.3, 0.4) is 0 Å². The predicted octanol–water partition coefficient (Wildman–Crippen LogP) is 2.94. The molecule has 1 aliphatic heterocycles. The van der Waals surface area contributed by atoms with Crippen molar-refractivity contribution in [1.29, 1.82) is 0 Å². The molecular formula is C15H20N2O3. The van der Waals surface area contributed by atoms with E-state index in [1.165, 1.54) is 0 Å². The molecule has 2 rings (SSSR count). The summed E-state index contributed by atoms with van der Waals surface area (Å²) in [6, 6.07) is 5.53. The van der Waals surface area contributed by atoms with Crippen LogP contribution in [0.4, 0.5) is 16.2 Å². The van der Waals surface area contributed by atoms with Crippen LogP contribution in [-0.4, -0.2) is 24.1 Å². The summed E-state index contributed by atoms with van der Waals surface area (Å²) in [5.41, 5.74) is 2.15. The number of anilines is 2. The molecule has 0 aromatic heterocycles. The van der Waals surface area contributed by atoms with E-state index in [1.54, 1.807) is 17.9 Å². The second-order valence-corrected chi connectivity index (χ2v) is 5.89. The largest absolute Gasteiger partial charge is 0.444 e. The van der Waals surface area contributed by atoms with Gasteiger partial charge in [-0.2, -0.15) is 0 Å². The minimum absolute atomic E-state index is 0.0385. The number of hydrogen-bond donors (Lipinski definition) is 1. The molecule has 5 nitrogen and oxygen atoms in total. The highest BCUT2D eigenvalue weighted by atomic mass is 16.6. The van der Waals surface area contributed by atoms with Crippen molar-refractivity contribution in [3.05, 3.63) is 23.8 Å². The van der Waals surface area contributed by atoms with Gasteiger partial charge in [0, 0.05) is 24.8 Å². The van der Waals surface area contributed by atoms with E-state index >= 15 is 0 Å².